The summed E-state index contributed by atoms with van der Waals surface area (Å²) >= 11 is 1.70. The number of nitrogens with zero attached hydrogens (tertiary/aromatic N) is 4. The Kier molecular flexibility index (Phi) is 5.33. The van der Waals surface area contributed by atoms with Crippen molar-refractivity contribution in [2.75, 3.05) is 49.9 Å². The van der Waals surface area contributed by atoms with Crippen LogP contribution in [-0.2, 0) is 4.79 Å². The van der Waals surface area contributed by atoms with Gasteiger partial charge in [0.1, 0.15) is 0 Å². The number of hydrogen-bond acceptors (Lipinski definition) is 7. The maximum absolute atomic E-state index is 12.2. The van der Waals surface area contributed by atoms with E-state index in [1.54, 1.807) is 18.0 Å². The van der Waals surface area contributed by atoms with Crippen LogP contribution in [0.3, 0.4) is 0 Å². The van der Waals surface area contributed by atoms with Gasteiger partial charge in [-0.05, 0) is 30.5 Å². The molecule has 142 valence electrons. The molecule has 1 fully saturated rings. The molecule has 2 aliphatic rings. The van der Waals surface area contributed by atoms with E-state index in [9.17, 15) is 4.79 Å². The average molecular weight is 386 g/mol. The Morgan fingerprint density at radius 3 is 2.78 bits per heavy atom. The maximum atomic E-state index is 12.2. The molecule has 3 heterocycles. The van der Waals surface area contributed by atoms with E-state index in [1.165, 1.54) is 0 Å². The number of hydrogen-bond donors (Lipinski definition) is 0. The number of thioether (sulfide) groups is 1. The van der Waals surface area contributed by atoms with Crippen LogP contribution in [0.5, 0.6) is 11.5 Å². The van der Waals surface area contributed by atoms with Gasteiger partial charge in [-0.2, -0.15) is 11.8 Å². The van der Waals surface area contributed by atoms with Gasteiger partial charge in [-0.1, -0.05) is 0 Å². The standard InChI is InChI=1S/C19H22N4O3S/c1-27-11-5-18(24)22-7-9-23(10-8-22)19-20-6-4-15(21-19)14-2-3-16-17(12-14)26-13-25-16/h2-4,6,12H,5,7-11,13H2,1H3. The van der Waals surface area contributed by atoms with Gasteiger partial charge in [0.05, 0.1) is 5.69 Å². The van der Waals surface area contributed by atoms with Crippen LogP contribution in [0.15, 0.2) is 30.5 Å². The number of rotatable bonds is 5. The van der Waals surface area contributed by atoms with Gasteiger partial charge in [0.2, 0.25) is 18.6 Å². The van der Waals surface area contributed by atoms with Crippen molar-refractivity contribution in [2.24, 2.45) is 0 Å². The summed E-state index contributed by atoms with van der Waals surface area (Å²) < 4.78 is 10.8. The predicted octanol–water partition coefficient (Wildman–Crippen LogP) is 2.27. The van der Waals surface area contributed by atoms with Crippen molar-refractivity contribution in [1.29, 1.82) is 0 Å². The van der Waals surface area contributed by atoms with Crippen LogP contribution in [0.1, 0.15) is 6.42 Å². The lowest BCUT2D eigenvalue weighted by Gasteiger charge is -2.34. The molecule has 0 radical (unpaired) electrons. The molecule has 1 aromatic heterocycles. The van der Waals surface area contributed by atoms with Crippen molar-refractivity contribution in [2.45, 2.75) is 6.42 Å². The van der Waals surface area contributed by atoms with E-state index in [0.29, 0.717) is 25.5 Å². The summed E-state index contributed by atoms with van der Waals surface area (Å²) in [4.78, 5) is 25.4. The van der Waals surface area contributed by atoms with E-state index in [2.05, 4.69) is 9.88 Å². The molecular weight excluding hydrogens is 364 g/mol. The van der Waals surface area contributed by atoms with Gasteiger partial charge in [-0.3, -0.25) is 4.79 Å². The number of carbonyl (C=O) groups excluding carboxylic acids is 1. The Morgan fingerprint density at radius 1 is 1.15 bits per heavy atom. The van der Waals surface area contributed by atoms with E-state index in [-0.39, 0.29) is 12.7 Å². The Balaban J connectivity index is 1.44. The van der Waals surface area contributed by atoms with Crippen LogP contribution in [0.4, 0.5) is 5.95 Å². The Bertz CT molecular complexity index is 824. The van der Waals surface area contributed by atoms with E-state index < -0.39 is 0 Å². The fourth-order valence-electron chi connectivity index (χ4n) is 3.22. The molecule has 2 aromatic rings. The number of amides is 1. The Morgan fingerprint density at radius 2 is 1.96 bits per heavy atom. The van der Waals surface area contributed by atoms with E-state index in [4.69, 9.17) is 14.5 Å². The highest BCUT2D eigenvalue weighted by Crippen LogP contribution is 2.35. The van der Waals surface area contributed by atoms with Crippen LogP contribution in [0.25, 0.3) is 11.3 Å². The second-order valence-electron chi connectivity index (χ2n) is 6.42. The topological polar surface area (TPSA) is 67.8 Å². The van der Waals surface area contributed by atoms with Crippen molar-refractivity contribution in [3.8, 4) is 22.8 Å². The first-order valence-electron chi connectivity index (χ1n) is 8.99. The zero-order valence-corrected chi connectivity index (χ0v) is 16.1. The minimum Gasteiger partial charge on any atom is -0.454 e. The summed E-state index contributed by atoms with van der Waals surface area (Å²) in [5.41, 5.74) is 1.81. The van der Waals surface area contributed by atoms with Gasteiger partial charge in [0.15, 0.2) is 11.5 Å². The third-order valence-corrected chi connectivity index (χ3v) is 5.36. The van der Waals surface area contributed by atoms with Crippen LogP contribution in [-0.4, -0.2) is 65.8 Å². The number of aromatic nitrogens is 2. The van der Waals surface area contributed by atoms with Crippen molar-refractivity contribution in [3.63, 3.8) is 0 Å². The quantitative estimate of drug-likeness (QED) is 0.781. The molecule has 7 nitrogen and oxygen atoms in total. The number of anilines is 1. The summed E-state index contributed by atoms with van der Waals surface area (Å²) in [6.45, 7) is 3.18. The van der Waals surface area contributed by atoms with Crippen LogP contribution in [0.2, 0.25) is 0 Å². The lowest BCUT2D eigenvalue weighted by Crippen LogP contribution is -2.49. The van der Waals surface area contributed by atoms with Crippen molar-refractivity contribution >= 4 is 23.6 Å². The molecule has 0 N–H and O–H groups in total. The first-order valence-corrected chi connectivity index (χ1v) is 10.4. The van der Waals surface area contributed by atoms with Crippen molar-refractivity contribution < 1.29 is 14.3 Å². The third kappa shape index (κ3) is 3.95. The van der Waals surface area contributed by atoms with Crippen molar-refractivity contribution in [3.05, 3.63) is 30.5 Å². The summed E-state index contributed by atoms with van der Waals surface area (Å²) in [7, 11) is 0. The van der Waals surface area contributed by atoms with Crippen LogP contribution in [0, 0.1) is 0 Å². The first-order chi connectivity index (χ1) is 13.2. The fraction of sp³-hybridized carbons (Fsp3) is 0.421. The molecular formula is C19H22N4O3S. The Labute approximate surface area is 162 Å². The zero-order chi connectivity index (χ0) is 18.6. The number of carbonyl (C=O) groups is 1. The van der Waals surface area contributed by atoms with E-state index in [0.717, 1.165) is 41.6 Å². The van der Waals surface area contributed by atoms with Crippen LogP contribution < -0.4 is 14.4 Å². The summed E-state index contributed by atoms with van der Waals surface area (Å²) in [5.74, 6) is 3.31. The number of piperazine rings is 1. The minimum absolute atomic E-state index is 0.235. The zero-order valence-electron chi connectivity index (χ0n) is 15.3. The van der Waals surface area contributed by atoms with Crippen LogP contribution >= 0.6 is 11.8 Å². The molecule has 1 amide bonds. The second kappa shape index (κ2) is 8.04. The highest BCUT2D eigenvalue weighted by molar-refractivity contribution is 7.98. The minimum atomic E-state index is 0.235. The molecule has 0 atom stereocenters. The number of ether oxygens (including phenoxy) is 2. The normalized spacial score (nSPS) is 15.9. The molecule has 1 aromatic carbocycles. The molecule has 0 aliphatic carbocycles. The molecule has 4 rings (SSSR count). The summed E-state index contributed by atoms with van der Waals surface area (Å²) in [6, 6.07) is 7.71. The SMILES string of the molecule is CSCCC(=O)N1CCN(c2nccc(-c3ccc4c(c3)OCO4)n2)CC1. The lowest BCUT2D eigenvalue weighted by molar-refractivity contribution is -0.131. The highest BCUT2D eigenvalue weighted by Gasteiger charge is 2.22. The van der Waals surface area contributed by atoms with Gasteiger partial charge >= 0.3 is 0 Å². The molecule has 0 spiro atoms. The molecule has 0 bridgehead atoms. The van der Waals surface area contributed by atoms with Gasteiger partial charge in [-0.25, -0.2) is 9.97 Å². The lowest BCUT2D eigenvalue weighted by atomic mass is 10.1. The van der Waals surface area contributed by atoms with Gasteiger partial charge in [0.25, 0.3) is 0 Å². The summed E-state index contributed by atoms with van der Waals surface area (Å²) in [6.07, 6.45) is 4.41. The Hall–Kier alpha value is -2.48. The third-order valence-electron chi connectivity index (χ3n) is 4.75. The van der Waals surface area contributed by atoms with Gasteiger partial charge in [-0.15, -0.1) is 0 Å². The number of benzene rings is 1. The highest BCUT2D eigenvalue weighted by atomic mass is 32.2. The smallest absolute Gasteiger partial charge is 0.231 e. The first kappa shape index (κ1) is 17.9. The monoisotopic (exact) mass is 386 g/mol. The fourth-order valence-corrected chi connectivity index (χ4v) is 3.60. The molecule has 8 heteroatoms. The van der Waals surface area contributed by atoms with E-state index in [1.807, 2.05) is 35.4 Å². The van der Waals surface area contributed by atoms with Gasteiger partial charge < -0.3 is 19.3 Å². The molecule has 2 aliphatic heterocycles. The van der Waals surface area contributed by atoms with Crippen molar-refractivity contribution in [1.82, 2.24) is 14.9 Å². The predicted molar refractivity (Wildman–Crippen MR) is 105 cm³/mol. The maximum Gasteiger partial charge on any atom is 0.231 e. The van der Waals surface area contributed by atoms with E-state index >= 15 is 0 Å². The summed E-state index contributed by atoms with van der Waals surface area (Å²) in [5, 5.41) is 0. The molecule has 0 saturated carbocycles. The largest absolute Gasteiger partial charge is 0.454 e. The van der Waals surface area contributed by atoms with Gasteiger partial charge in [0, 0.05) is 50.1 Å². The second-order valence-corrected chi connectivity index (χ2v) is 7.41. The molecule has 1 saturated heterocycles. The molecule has 0 unspecified atom stereocenters. The average Bonchev–Trinajstić information content (AvgIpc) is 3.20. The number of fused-ring (bicyclic) bond motifs is 1. The molecule has 27 heavy (non-hydrogen) atoms.